The number of amides is 1. The molecule has 2 N–H and O–H groups in total. The molecule has 3 rings (SSSR count). The first-order chi connectivity index (χ1) is 13.1. The third-order valence-electron chi connectivity index (χ3n) is 6.03. The molecule has 0 bridgehead atoms. The van der Waals surface area contributed by atoms with Crippen LogP contribution in [0.2, 0.25) is 0 Å². The van der Waals surface area contributed by atoms with Gasteiger partial charge in [0.1, 0.15) is 5.82 Å². The van der Waals surface area contributed by atoms with Gasteiger partial charge in [-0.05, 0) is 56.7 Å². The highest BCUT2D eigenvalue weighted by molar-refractivity contribution is 5.94. The average molecular weight is 375 g/mol. The number of aliphatic hydroxyl groups is 1. The maximum Gasteiger partial charge on any atom is 0.255 e. The Morgan fingerprint density at radius 2 is 2.07 bits per heavy atom. The second-order valence-electron chi connectivity index (χ2n) is 8.13. The normalized spacial score (nSPS) is 23.2. The van der Waals surface area contributed by atoms with Crippen LogP contribution in [0.5, 0.6) is 0 Å². The molecule has 6 heteroatoms. The second kappa shape index (κ2) is 9.51. The molecule has 0 radical (unpaired) electrons. The molecule has 1 aromatic rings. The molecule has 0 aliphatic carbocycles. The lowest BCUT2D eigenvalue weighted by Crippen LogP contribution is -2.49. The van der Waals surface area contributed by atoms with Gasteiger partial charge < -0.3 is 15.3 Å². The molecule has 3 heterocycles. The molecule has 150 valence electrons. The van der Waals surface area contributed by atoms with Crippen molar-refractivity contribution < 1.29 is 9.90 Å². The van der Waals surface area contributed by atoms with Gasteiger partial charge in [0, 0.05) is 31.9 Å². The third kappa shape index (κ3) is 5.20. The van der Waals surface area contributed by atoms with Crippen molar-refractivity contribution in [3.05, 3.63) is 23.9 Å². The average Bonchev–Trinajstić information content (AvgIpc) is 2.72. The van der Waals surface area contributed by atoms with Gasteiger partial charge >= 0.3 is 0 Å². The number of piperidine rings is 2. The number of carbonyl (C=O) groups excluding carboxylic acids is 1. The minimum atomic E-state index is -0.00409. The summed E-state index contributed by atoms with van der Waals surface area (Å²) in [6.45, 7) is 8.52. The fraction of sp³-hybridized carbons (Fsp3) is 0.714. The predicted molar refractivity (Wildman–Crippen MR) is 108 cm³/mol. The molecule has 2 atom stereocenters. The maximum absolute atomic E-state index is 12.8. The number of hydrogen-bond donors (Lipinski definition) is 2. The van der Waals surface area contributed by atoms with Crippen LogP contribution in [0.1, 0.15) is 56.3 Å². The van der Waals surface area contributed by atoms with Gasteiger partial charge in [-0.3, -0.25) is 9.69 Å². The van der Waals surface area contributed by atoms with Crippen LogP contribution in [0, 0.1) is 5.92 Å². The van der Waals surface area contributed by atoms with E-state index >= 15 is 0 Å². The van der Waals surface area contributed by atoms with E-state index < -0.39 is 0 Å². The lowest BCUT2D eigenvalue weighted by molar-refractivity contribution is 0.0541. The minimum Gasteiger partial charge on any atom is -0.394 e. The Labute approximate surface area is 163 Å². The standard InChI is InChI=1S/C21H34N4O2/c1-3-18(15-26)23-20-7-6-17(13-22-20)21(27)24-11-8-19(9-12-24)25-10-4-5-16(2)14-25/h6-7,13,16,18-19,26H,3-5,8-12,14-15H2,1-2H3,(H,22,23)/t16-,18?/m1/s1. The molecule has 0 aromatic carbocycles. The molecule has 0 spiro atoms. The summed E-state index contributed by atoms with van der Waals surface area (Å²) in [6.07, 6.45) is 7.27. The Hall–Kier alpha value is -1.66. The summed E-state index contributed by atoms with van der Waals surface area (Å²) in [7, 11) is 0. The molecule has 2 fully saturated rings. The molecule has 1 amide bonds. The summed E-state index contributed by atoms with van der Waals surface area (Å²) >= 11 is 0. The van der Waals surface area contributed by atoms with Gasteiger partial charge in [-0.1, -0.05) is 13.8 Å². The molecule has 1 unspecified atom stereocenters. The van der Waals surface area contributed by atoms with Crippen LogP contribution in [0.4, 0.5) is 5.82 Å². The number of aliphatic hydroxyl groups excluding tert-OH is 1. The van der Waals surface area contributed by atoms with Crippen LogP contribution >= 0.6 is 0 Å². The molecular formula is C21H34N4O2. The van der Waals surface area contributed by atoms with E-state index in [0.29, 0.717) is 17.4 Å². The van der Waals surface area contributed by atoms with Crippen LogP contribution in [-0.4, -0.2) is 70.7 Å². The van der Waals surface area contributed by atoms with E-state index in [9.17, 15) is 9.90 Å². The van der Waals surface area contributed by atoms with Crippen LogP contribution in [0.3, 0.4) is 0 Å². The van der Waals surface area contributed by atoms with Crippen molar-refractivity contribution in [2.24, 2.45) is 5.92 Å². The lowest BCUT2D eigenvalue weighted by Gasteiger charge is -2.41. The van der Waals surface area contributed by atoms with Crippen molar-refractivity contribution in [1.29, 1.82) is 0 Å². The number of aromatic nitrogens is 1. The summed E-state index contributed by atoms with van der Waals surface area (Å²) in [5.41, 5.74) is 0.641. The molecule has 6 nitrogen and oxygen atoms in total. The van der Waals surface area contributed by atoms with E-state index in [1.54, 1.807) is 6.20 Å². The van der Waals surface area contributed by atoms with Crippen molar-refractivity contribution >= 4 is 11.7 Å². The highest BCUT2D eigenvalue weighted by Crippen LogP contribution is 2.24. The molecule has 2 aliphatic rings. The van der Waals surface area contributed by atoms with Gasteiger partial charge in [-0.2, -0.15) is 0 Å². The number of pyridine rings is 1. The second-order valence-corrected chi connectivity index (χ2v) is 8.13. The molecular weight excluding hydrogens is 340 g/mol. The van der Waals surface area contributed by atoms with Gasteiger partial charge in [0.2, 0.25) is 0 Å². The summed E-state index contributed by atoms with van der Waals surface area (Å²) in [5.74, 6) is 1.58. The SMILES string of the molecule is CCC(CO)Nc1ccc(C(=O)N2CCC(N3CCC[C@@H](C)C3)CC2)cn1. The first kappa shape index (κ1) is 20.1. The van der Waals surface area contributed by atoms with Gasteiger partial charge in [0.05, 0.1) is 18.2 Å². The van der Waals surface area contributed by atoms with Crippen molar-refractivity contribution in [1.82, 2.24) is 14.8 Å². The quantitative estimate of drug-likeness (QED) is 0.801. The first-order valence-electron chi connectivity index (χ1n) is 10.5. The zero-order valence-electron chi connectivity index (χ0n) is 16.7. The van der Waals surface area contributed by atoms with Crippen LogP contribution < -0.4 is 5.32 Å². The van der Waals surface area contributed by atoms with Crippen molar-refractivity contribution in [2.45, 2.75) is 58.0 Å². The summed E-state index contributed by atoms with van der Waals surface area (Å²) in [6, 6.07) is 4.29. The van der Waals surface area contributed by atoms with Crippen LogP contribution in [0.15, 0.2) is 18.3 Å². The number of anilines is 1. The molecule has 2 saturated heterocycles. The largest absolute Gasteiger partial charge is 0.394 e. The van der Waals surface area contributed by atoms with Crippen LogP contribution in [-0.2, 0) is 0 Å². The van der Waals surface area contributed by atoms with Crippen molar-refractivity contribution in [3.63, 3.8) is 0 Å². The summed E-state index contributed by atoms with van der Waals surface area (Å²) < 4.78 is 0. The number of likely N-dealkylation sites (tertiary alicyclic amines) is 2. The fourth-order valence-corrected chi connectivity index (χ4v) is 4.27. The zero-order valence-corrected chi connectivity index (χ0v) is 16.7. The van der Waals surface area contributed by atoms with Gasteiger partial charge in [-0.25, -0.2) is 4.98 Å². The maximum atomic E-state index is 12.8. The minimum absolute atomic E-state index is 0.00409. The first-order valence-corrected chi connectivity index (χ1v) is 10.5. The summed E-state index contributed by atoms with van der Waals surface area (Å²) in [5, 5.41) is 12.5. The van der Waals surface area contributed by atoms with Crippen molar-refractivity contribution in [3.8, 4) is 0 Å². The van der Waals surface area contributed by atoms with E-state index in [2.05, 4.69) is 22.1 Å². The smallest absolute Gasteiger partial charge is 0.255 e. The molecule has 1 aromatic heterocycles. The Morgan fingerprint density at radius 1 is 1.30 bits per heavy atom. The van der Waals surface area contributed by atoms with E-state index in [0.717, 1.165) is 38.3 Å². The fourth-order valence-electron chi connectivity index (χ4n) is 4.27. The predicted octanol–water partition coefficient (Wildman–Crippen LogP) is 2.60. The zero-order chi connectivity index (χ0) is 19.2. The third-order valence-corrected chi connectivity index (χ3v) is 6.03. The molecule has 2 aliphatic heterocycles. The monoisotopic (exact) mass is 374 g/mol. The van der Waals surface area contributed by atoms with E-state index in [4.69, 9.17) is 0 Å². The highest BCUT2D eigenvalue weighted by atomic mass is 16.3. The van der Waals surface area contributed by atoms with Gasteiger partial charge in [-0.15, -0.1) is 0 Å². The van der Waals surface area contributed by atoms with Gasteiger partial charge in [0.15, 0.2) is 0 Å². The Bertz CT molecular complexity index is 595. The number of nitrogens with zero attached hydrogens (tertiary/aromatic N) is 3. The molecule has 27 heavy (non-hydrogen) atoms. The topological polar surface area (TPSA) is 68.7 Å². The number of nitrogens with one attached hydrogen (secondary N) is 1. The highest BCUT2D eigenvalue weighted by Gasteiger charge is 2.29. The number of carbonyl (C=O) groups is 1. The van der Waals surface area contributed by atoms with E-state index in [1.165, 1.54) is 25.9 Å². The van der Waals surface area contributed by atoms with E-state index in [1.807, 2.05) is 24.0 Å². The lowest BCUT2D eigenvalue weighted by atomic mass is 9.95. The van der Waals surface area contributed by atoms with Crippen LogP contribution in [0.25, 0.3) is 0 Å². The Balaban J connectivity index is 1.51. The Kier molecular flexibility index (Phi) is 7.07. The van der Waals surface area contributed by atoms with Crippen molar-refractivity contribution in [2.75, 3.05) is 38.1 Å². The van der Waals surface area contributed by atoms with E-state index in [-0.39, 0.29) is 18.6 Å². The number of rotatable bonds is 6. The Morgan fingerprint density at radius 3 is 2.67 bits per heavy atom. The summed E-state index contributed by atoms with van der Waals surface area (Å²) in [4.78, 5) is 21.8. The molecule has 0 saturated carbocycles. The number of hydrogen-bond acceptors (Lipinski definition) is 5. The van der Waals surface area contributed by atoms with Gasteiger partial charge in [0.25, 0.3) is 5.91 Å².